The highest BCUT2D eigenvalue weighted by molar-refractivity contribution is 7.99. The summed E-state index contributed by atoms with van der Waals surface area (Å²) < 4.78 is 6.63. The Balaban J connectivity index is 2.25. The molecule has 0 radical (unpaired) electrons. The zero-order valence-electron chi connectivity index (χ0n) is 12.7. The van der Waals surface area contributed by atoms with Crippen LogP contribution in [0.3, 0.4) is 0 Å². The number of rotatable bonds is 7. The van der Waals surface area contributed by atoms with Crippen molar-refractivity contribution >= 4 is 17.7 Å². The summed E-state index contributed by atoms with van der Waals surface area (Å²) in [6.45, 7) is 2.63. The molecule has 0 aliphatic carbocycles. The number of hydrogen-bond donors (Lipinski definition) is 1. The number of hydrogen-bond acceptors (Lipinski definition) is 6. The van der Waals surface area contributed by atoms with E-state index in [1.165, 1.54) is 18.9 Å². The van der Waals surface area contributed by atoms with E-state index in [0.717, 1.165) is 17.8 Å². The molecule has 2 N–H and O–H groups in total. The van der Waals surface area contributed by atoms with Gasteiger partial charge >= 0.3 is 5.97 Å². The lowest BCUT2D eigenvalue weighted by atomic mass is 10.2. The maximum Gasteiger partial charge on any atom is 0.316 e. The molecule has 2 aromatic rings. The quantitative estimate of drug-likeness (QED) is 0.620. The Kier molecular flexibility index (Phi) is 5.97. The van der Waals surface area contributed by atoms with E-state index in [-0.39, 0.29) is 17.8 Å². The molecule has 22 heavy (non-hydrogen) atoms. The van der Waals surface area contributed by atoms with Gasteiger partial charge in [0.05, 0.1) is 25.4 Å². The first-order chi connectivity index (χ1) is 10.7. The Morgan fingerprint density at radius 3 is 2.73 bits per heavy atom. The van der Waals surface area contributed by atoms with Gasteiger partial charge in [0.1, 0.15) is 0 Å². The molecule has 1 atom stereocenters. The molecule has 1 aromatic heterocycles. The van der Waals surface area contributed by atoms with Crippen molar-refractivity contribution in [3.05, 3.63) is 41.7 Å². The zero-order valence-corrected chi connectivity index (χ0v) is 13.5. The Bertz CT molecular complexity index is 615. The van der Waals surface area contributed by atoms with Gasteiger partial charge in [-0.15, -0.1) is 10.2 Å². The summed E-state index contributed by atoms with van der Waals surface area (Å²) in [7, 11) is 1.37. The van der Waals surface area contributed by atoms with E-state index in [1.54, 1.807) is 0 Å². The molecule has 0 saturated heterocycles. The molecular formula is C15H20N4O2S. The van der Waals surface area contributed by atoms with Crippen molar-refractivity contribution in [2.45, 2.75) is 31.1 Å². The van der Waals surface area contributed by atoms with Gasteiger partial charge in [0.15, 0.2) is 11.0 Å². The number of nitrogens with zero attached hydrogens (tertiary/aromatic N) is 3. The summed E-state index contributed by atoms with van der Waals surface area (Å²) in [5.41, 5.74) is 7.25. The third kappa shape index (κ3) is 4.08. The van der Waals surface area contributed by atoms with E-state index < -0.39 is 0 Å². The van der Waals surface area contributed by atoms with Crippen molar-refractivity contribution in [1.82, 2.24) is 14.8 Å². The van der Waals surface area contributed by atoms with Gasteiger partial charge in [-0.25, -0.2) is 0 Å². The minimum Gasteiger partial charge on any atom is -0.468 e. The minimum absolute atomic E-state index is 0.177. The van der Waals surface area contributed by atoms with Gasteiger partial charge in [0, 0.05) is 0 Å². The van der Waals surface area contributed by atoms with Crippen LogP contribution in [0.4, 0.5) is 0 Å². The highest BCUT2D eigenvalue weighted by atomic mass is 32.2. The second kappa shape index (κ2) is 7.95. The number of carbonyl (C=O) groups is 1. The lowest BCUT2D eigenvalue weighted by Gasteiger charge is -2.13. The molecule has 1 heterocycles. The molecule has 0 bridgehead atoms. The fourth-order valence-electron chi connectivity index (χ4n) is 1.96. The van der Waals surface area contributed by atoms with E-state index in [4.69, 9.17) is 5.73 Å². The largest absolute Gasteiger partial charge is 0.468 e. The zero-order chi connectivity index (χ0) is 15.9. The van der Waals surface area contributed by atoms with E-state index in [1.807, 2.05) is 41.8 Å². The molecule has 6 nitrogen and oxygen atoms in total. The number of esters is 1. The van der Waals surface area contributed by atoms with Gasteiger partial charge in [-0.3, -0.25) is 4.79 Å². The number of carbonyl (C=O) groups excluding carboxylic acids is 1. The number of nitrogens with two attached hydrogens (primary N) is 1. The lowest BCUT2D eigenvalue weighted by Crippen LogP contribution is -2.17. The first kappa shape index (κ1) is 16.5. The third-order valence-corrected chi connectivity index (χ3v) is 4.19. The molecule has 0 aliphatic rings. The summed E-state index contributed by atoms with van der Waals surface area (Å²) in [5, 5.41) is 9.05. The van der Waals surface area contributed by atoms with E-state index in [0.29, 0.717) is 11.7 Å². The van der Waals surface area contributed by atoms with Crippen LogP contribution in [-0.2, 0) is 16.1 Å². The number of ether oxygens (including phenoxy) is 1. The monoisotopic (exact) mass is 320 g/mol. The van der Waals surface area contributed by atoms with Crippen LogP contribution in [0.15, 0.2) is 35.5 Å². The van der Waals surface area contributed by atoms with Crippen LogP contribution in [0.5, 0.6) is 0 Å². The van der Waals surface area contributed by atoms with Gasteiger partial charge in [-0.05, 0) is 12.0 Å². The fraction of sp³-hybridized carbons (Fsp3) is 0.400. The molecule has 1 aromatic carbocycles. The van der Waals surface area contributed by atoms with Crippen molar-refractivity contribution in [1.29, 1.82) is 0 Å². The molecule has 0 saturated carbocycles. The summed E-state index contributed by atoms with van der Waals surface area (Å²) in [6.07, 6.45) is 0.772. The summed E-state index contributed by atoms with van der Waals surface area (Å²) in [4.78, 5) is 11.3. The third-order valence-electron chi connectivity index (χ3n) is 3.25. The smallest absolute Gasteiger partial charge is 0.316 e. The predicted octanol–water partition coefficient (Wildman–Crippen LogP) is 2.00. The van der Waals surface area contributed by atoms with E-state index in [9.17, 15) is 4.79 Å². The van der Waals surface area contributed by atoms with Crippen LogP contribution >= 0.6 is 11.8 Å². The average molecular weight is 320 g/mol. The van der Waals surface area contributed by atoms with Gasteiger partial charge in [0.2, 0.25) is 0 Å². The Morgan fingerprint density at radius 2 is 2.09 bits per heavy atom. The van der Waals surface area contributed by atoms with Crippen LogP contribution in [0.1, 0.15) is 30.8 Å². The van der Waals surface area contributed by atoms with Gasteiger partial charge in [-0.2, -0.15) is 0 Å². The number of benzene rings is 1. The van der Waals surface area contributed by atoms with Gasteiger partial charge in [-0.1, -0.05) is 49.0 Å². The highest BCUT2D eigenvalue weighted by Gasteiger charge is 2.18. The molecule has 1 unspecified atom stereocenters. The molecule has 0 fully saturated rings. The standard InChI is InChI=1S/C15H20N4O2S/c1-3-12(16)14-17-18-15(22-10-13(20)21-2)19(14)9-11-7-5-4-6-8-11/h4-8,12H,3,9-10,16H2,1-2H3. The van der Waals surface area contributed by atoms with Crippen molar-refractivity contribution in [2.75, 3.05) is 12.9 Å². The second-order valence-electron chi connectivity index (χ2n) is 4.79. The van der Waals surface area contributed by atoms with Crippen LogP contribution in [-0.4, -0.2) is 33.6 Å². The van der Waals surface area contributed by atoms with Crippen LogP contribution in [0.25, 0.3) is 0 Å². The van der Waals surface area contributed by atoms with Crippen molar-refractivity contribution in [3.8, 4) is 0 Å². The number of methoxy groups -OCH3 is 1. The van der Waals surface area contributed by atoms with Crippen LogP contribution < -0.4 is 5.73 Å². The topological polar surface area (TPSA) is 83.0 Å². The molecule has 118 valence electrons. The molecule has 0 amide bonds. The maximum absolute atomic E-state index is 11.3. The molecule has 2 rings (SSSR count). The molecule has 0 spiro atoms. The van der Waals surface area contributed by atoms with E-state index in [2.05, 4.69) is 14.9 Å². The molecular weight excluding hydrogens is 300 g/mol. The van der Waals surface area contributed by atoms with Gasteiger partial charge in [0.25, 0.3) is 0 Å². The Labute approximate surface area is 134 Å². The molecule has 7 heteroatoms. The van der Waals surface area contributed by atoms with Crippen molar-refractivity contribution in [2.24, 2.45) is 5.73 Å². The SMILES string of the molecule is CCC(N)c1nnc(SCC(=O)OC)n1Cc1ccccc1. The van der Waals surface area contributed by atoms with Gasteiger partial charge < -0.3 is 15.0 Å². The van der Waals surface area contributed by atoms with Crippen LogP contribution in [0.2, 0.25) is 0 Å². The number of aromatic nitrogens is 3. The average Bonchev–Trinajstić information content (AvgIpc) is 2.95. The first-order valence-corrected chi connectivity index (χ1v) is 8.06. The van der Waals surface area contributed by atoms with Crippen LogP contribution in [0, 0.1) is 0 Å². The number of thioether (sulfide) groups is 1. The van der Waals surface area contributed by atoms with Crippen molar-refractivity contribution < 1.29 is 9.53 Å². The summed E-state index contributed by atoms with van der Waals surface area (Å²) >= 11 is 1.31. The van der Waals surface area contributed by atoms with E-state index >= 15 is 0 Å². The Hall–Kier alpha value is -1.86. The highest BCUT2D eigenvalue weighted by Crippen LogP contribution is 2.22. The van der Waals surface area contributed by atoms with Crippen molar-refractivity contribution in [3.63, 3.8) is 0 Å². The fourth-order valence-corrected chi connectivity index (χ4v) is 2.74. The summed E-state index contributed by atoms with van der Waals surface area (Å²) in [5.74, 6) is 0.643. The Morgan fingerprint density at radius 1 is 1.36 bits per heavy atom. The normalized spacial score (nSPS) is 12.1. The lowest BCUT2D eigenvalue weighted by molar-refractivity contribution is -0.137. The minimum atomic E-state index is -0.291. The predicted molar refractivity (Wildman–Crippen MR) is 85.5 cm³/mol. The molecule has 0 aliphatic heterocycles. The first-order valence-electron chi connectivity index (χ1n) is 7.08. The summed E-state index contributed by atoms with van der Waals surface area (Å²) in [6, 6.07) is 9.84. The second-order valence-corrected chi connectivity index (χ2v) is 5.73. The maximum atomic E-state index is 11.3.